The summed E-state index contributed by atoms with van der Waals surface area (Å²) >= 11 is 0. The lowest BCUT2D eigenvalue weighted by molar-refractivity contribution is -0.138. The molecule has 2 nitrogen and oxygen atoms in total. The van der Waals surface area contributed by atoms with Crippen molar-refractivity contribution in [1.29, 1.82) is 0 Å². The van der Waals surface area contributed by atoms with Crippen molar-refractivity contribution in [3.63, 3.8) is 0 Å². The standard InChI is InChI=1S/C16H23F3N2/c1-2-3-12-6-8-21(9-7-12)14-4-5-15(16(17,18)19)13(10-14)11-20/h4-5,10,12H,2-3,6-9,11,20H2,1H3. The maximum Gasteiger partial charge on any atom is 0.416 e. The van der Waals surface area contributed by atoms with Crippen molar-refractivity contribution < 1.29 is 13.2 Å². The molecule has 0 bridgehead atoms. The van der Waals surface area contributed by atoms with Crippen molar-refractivity contribution in [3.05, 3.63) is 29.3 Å². The van der Waals surface area contributed by atoms with Gasteiger partial charge in [-0.05, 0) is 42.5 Å². The average Bonchev–Trinajstić information content (AvgIpc) is 2.47. The molecule has 5 heteroatoms. The molecule has 0 amide bonds. The van der Waals surface area contributed by atoms with Gasteiger partial charge in [0.15, 0.2) is 0 Å². The van der Waals surface area contributed by atoms with Crippen LogP contribution in [0.5, 0.6) is 0 Å². The quantitative estimate of drug-likeness (QED) is 0.904. The number of alkyl halides is 3. The maximum atomic E-state index is 12.9. The number of hydrogen-bond acceptors (Lipinski definition) is 2. The first-order valence-corrected chi connectivity index (χ1v) is 7.60. The van der Waals surface area contributed by atoms with Crippen molar-refractivity contribution in [3.8, 4) is 0 Å². The fraction of sp³-hybridized carbons (Fsp3) is 0.625. The smallest absolute Gasteiger partial charge is 0.372 e. The summed E-state index contributed by atoms with van der Waals surface area (Å²) in [6.07, 6.45) is 0.345. The Morgan fingerprint density at radius 2 is 1.90 bits per heavy atom. The molecule has 1 aromatic carbocycles. The molecule has 0 aromatic heterocycles. The van der Waals surface area contributed by atoms with E-state index >= 15 is 0 Å². The lowest BCUT2D eigenvalue weighted by atomic mass is 9.92. The van der Waals surface area contributed by atoms with E-state index < -0.39 is 11.7 Å². The molecule has 0 aliphatic carbocycles. The zero-order chi connectivity index (χ0) is 15.5. The molecule has 118 valence electrons. The topological polar surface area (TPSA) is 29.3 Å². The number of nitrogens with zero attached hydrogens (tertiary/aromatic N) is 1. The fourth-order valence-electron chi connectivity index (χ4n) is 3.11. The molecule has 0 atom stereocenters. The second kappa shape index (κ2) is 6.69. The number of nitrogens with two attached hydrogens (primary N) is 1. The van der Waals surface area contributed by atoms with Gasteiger partial charge >= 0.3 is 6.18 Å². The zero-order valence-corrected chi connectivity index (χ0v) is 12.4. The highest BCUT2D eigenvalue weighted by Crippen LogP contribution is 2.35. The van der Waals surface area contributed by atoms with Crippen LogP contribution >= 0.6 is 0 Å². The van der Waals surface area contributed by atoms with Crippen LogP contribution in [-0.2, 0) is 12.7 Å². The summed E-state index contributed by atoms with van der Waals surface area (Å²) in [6, 6.07) is 4.33. The van der Waals surface area contributed by atoms with Crippen molar-refractivity contribution >= 4 is 5.69 Å². The normalized spacial score (nSPS) is 17.3. The molecule has 2 N–H and O–H groups in total. The van der Waals surface area contributed by atoms with E-state index in [2.05, 4.69) is 11.8 Å². The molecule has 1 fully saturated rings. The average molecular weight is 300 g/mol. The number of hydrogen-bond donors (Lipinski definition) is 1. The Bertz CT molecular complexity index is 463. The Labute approximate surface area is 124 Å². The minimum atomic E-state index is -4.33. The van der Waals surface area contributed by atoms with E-state index in [9.17, 15) is 13.2 Å². The van der Waals surface area contributed by atoms with E-state index in [-0.39, 0.29) is 12.1 Å². The van der Waals surface area contributed by atoms with Gasteiger partial charge in [-0.1, -0.05) is 19.8 Å². The second-order valence-corrected chi connectivity index (χ2v) is 5.76. The maximum absolute atomic E-state index is 12.9. The largest absolute Gasteiger partial charge is 0.416 e. The number of rotatable bonds is 4. The van der Waals surface area contributed by atoms with Crippen molar-refractivity contribution in [1.82, 2.24) is 0 Å². The van der Waals surface area contributed by atoms with Crippen LogP contribution in [-0.4, -0.2) is 13.1 Å². The van der Waals surface area contributed by atoms with Gasteiger partial charge in [-0.2, -0.15) is 13.2 Å². The van der Waals surface area contributed by atoms with Gasteiger partial charge in [0.2, 0.25) is 0 Å². The van der Waals surface area contributed by atoms with Crippen LogP contribution in [0.2, 0.25) is 0 Å². The molecule has 0 spiro atoms. The molecule has 1 aromatic rings. The van der Waals surface area contributed by atoms with Gasteiger partial charge < -0.3 is 10.6 Å². The Morgan fingerprint density at radius 3 is 2.43 bits per heavy atom. The van der Waals surface area contributed by atoms with Gasteiger partial charge in [0.05, 0.1) is 5.56 Å². The monoisotopic (exact) mass is 300 g/mol. The highest BCUT2D eigenvalue weighted by molar-refractivity contribution is 5.52. The van der Waals surface area contributed by atoms with Gasteiger partial charge in [-0.3, -0.25) is 0 Å². The predicted octanol–water partition coefficient (Wildman–Crippen LogP) is 4.18. The third-order valence-electron chi connectivity index (χ3n) is 4.29. The Morgan fingerprint density at radius 1 is 1.24 bits per heavy atom. The predicted molar refractivity (Wildman–Crippen MR) is 79.2 cm³/mol. The zero-order valence-electron chi connectivity index (χ0n) is 12.4. The van der Waals surface area contributed by atoms with Crippen LogP contribution in [0.4, 0.5) is 18.9 Å². The molecule has 0 radical (unpaired) electrons. The summed E-state index contributed by atoms with van der Waals surface area (Å²) in [5, 5.41) is 0. The summed E-state index contributed by atoms with van der Waals surface area (Å²) in [5.74, 6) is 0.759. The van der Waals surface area contributed by atoms with Crippen molar-refractivity contribution in [2.75, 3.05) is 18.0 Å². The molecular formula is C16H23F3N2. The van der Waals surface area contributed by atoms with Crippen LogP contribution in [0.3, 0.4) is 0 Å². The first kappa shape index (κ1) is 16.1. The third-order valence-corrected chi connectivity index (χ3v) is 4.29. The summed E-state index contributed by atoms with van der Waals surface area (Å²) in [7, 11) is 0. The summed E-state index contributed by atoms with van der Waals surface area (Å²) in [5.41, 5.74) is 5.91. The van der Waals surface area contributed by atoms with E-state index in [1.165, 1.54) is 12.8 Å². The van der Waals surface area contributed by atoms with E-state index in [0.29, 0.717) is 0 Å². The first-order valence-electron chi connectivity index (χ1n) is 7.60. The summed E-state index contributed by atoms with van der Waals surface area (Å²) in [6.45, 7) is 3.94. The van der Waals surface area contributed by atoms with Gasteiger partial charge in [-0.25, -0.2) is 0 Å². The molecule has 2 rings (SSSR count). The van der Waals surface area contributed by atoms with Gasteiger partial charge in [0.1, 0.15) is 0 Å². The Hall–Kier alpha value is -1.23. The van der Waals surface area contributed by atoms with Crippen LogP contribution in [0, 0.1) is 5.92 Å². The van der Waals surface area contributed by atoms with E-state index in [1.807, 2.05) is 0 Å². The minimum Gasteiger partial charge on any atom is -0.372 e. The van der Waals surface area contributed by atoms with Crippen LogP contribution < -0.4 is 10.6 Å². The lowest BCUT2D eigenvalue weighted by Gasteiger charge is -2.34. The van der Waals surface area contributed by atoms with Crippen molar-refractivity contribution in [2.24, 2.45) is 11.7 Å². The molecule has 1 aliphatic rings. The molecule has 1 heterocycles. The SMILES string of the molecule is CCCC1CCN(c2ccc(C(F)(F)F)c(CN)c2)CC1. The molecule has 0 saturated carbocycles. The number of benzene rings is 1. The molecular weight excluding hydrogens is 277 g/mol. The van der Waals surface area contributed by atoms with Crippen LogP contribution in [0.25, 0.3) is 0 Å². The van der Waals surface area contributed by atoms with E-state index in [4.69, 9.17) is 5.73 Å². The highest BCUT2D eigenvalue weighted by atomic mass is 19.4. The molecule has 21 heavy (non-hydrogen) atoms. The molecule has 1 saturated heterocycles. The van der Waals surface area contributed by atoms with Gasteiger partial charge in [0, 0.05) is 25.3 Å². The highest BCUT2D eigenvalue weighted by Gasteiger charge is 2.33. The first-order chi connectivity index (χ1) is 9.95. The third kappa shape index (κ3) is 3.90. The van der Waals surface area contributed by atoms with Crippen LogP contribution in [0.1, 0.15) is 43.7 Å². The Kier molecular flexibility index (Phi) is 5.14. The van der Waals surface area contributed by atoms with E-state index in [1.54, 1.807) is 12.1 Å². The summed E-state index contributed by atoms with van der Waals surface area (Å²) < 4.78 is 38.6. The van der Waals surface area contributed by atoms with Gasteiger partial charge in [-0.15, -0.1) is 0 Å². The lowest BCUT2D eigenvalue weighted by Crippen LogP contribution is -2.33. The van der Waals surface area contributed by atoms with Crippen molar-refractivity contribution in [2.45, 2.75) is 45.3 Å². The van der Waals surface area contributed by atoms with Gasteiger partial charge in [0.25, 0.3) is 0 Å². The van der Waals surface area contributed by atoms with Crippen LogP contribution in [0.15, 0.2) is 18.2 Å². The number of anilines is 1. The minimum absolute atomic E-state index is 0.0883. The number of halogens is 3. The number of piperidine rings is 1. The second-order valence-electron chi connectivity index (χ2n) is 5.76. The molecule has 1 aliphatic heterocycles. The summed E-state index contributed by atoms with van der Waals surface area (Å²) in [4.78, 5) is 2.17. The fourth-order valence-corrected chi connectivity index (χ4v) is 3.11. The molecule has 0 unspecified atom stereocenters. The van der Waals surface area contributed by atoms with E-state index in [0.717, 1.165) is 43.6 Å². The Balaban J connectivity index is 2.12.